The van der Waals surface area contributed by atoms with Gasteiger partial charge in [-0.05, 0) is 64.7 Å². The van der Waals surface area contributed by atoms with Gasteiger partial charge >= 0.3 is 0 Å². The minimum atomic E-state index is 0.546. The molecule has 0 saturated carbocycles. The predicted octanol–water partition coefficient (Wildman–Crippen LogP) is 4.58. The number of nitrogens with zero attached hydrogens (tertiary/aromatic N) is 5. The number of hydrogen-bond acceptors (Lipinski definition) is 7. The van der Waals surface area contributed by atoms with Crippen LogP contribution in [0.15, 0.2) is 36.5 Å². The van der Waals surface area contributed by atoms with Crippen molar-refractivity contribution in [1.29, 1.82) is 0 Å². The molecular weight excluding hydrogens is 430 g/mol. The van der Waals surface area contributed by atoms with Crippen LogP contribution < -0.4 is 15.5 Å². The molecule has 172 valence electrons. The maximum Gasteiger partial charge on any atom is 0.227 e. The first-order valence-electron chi connectivity index (χ1n) is 11.2. The molecule has 2 N–H and O–H groups in total. The van der Waals surface area contributed by atoms with Crippen LogP contribution in [-0.2, 0) is 6.42 Å². The Bertz CT molecular complexity index is 1180. The molecule has 1 aliphatic rings. The standard InChI is InChI=1S/C25H31N7S/c1-16-7-8-19-21(13-16)28-23(33)14-18-15-26-25(30-24(18)19)29-20-9-10-22(27-17(20)2)32(5)12-6-11-31(3)4/h7-10,13,15H,6,11-12,14H2,1-5H3,(H,28,33)(H,26,29,30). The van der Waals surface area contributed by atoms with Gasteiger partial charge in [-0.2, -0.15) is 0 Å². The van der Waals surface area contributed by atoms with Crippen molar-refractivity contribution in [2.75, 3.05) is 49.8 Å². The lowest BCUT2D eigenvalue weighted by atomic mass is 10.0. The summed E-state index contributed by atoms with van der Waals surface area (Å²) in [5.41, 5.74) is 6.92. The Morgan fingerprint density at radius 1 is 1.06 bits per heavy atom. The minimum Gasteiger partial charge on any atom is -0.360 e. The van der Waals surface area contributed by atoms with Gasteiger partial charge in [0.05, 0.1) is 22.1 Å². The van der Waals surface area contributed by atoms with E-state index >= 15 is 0 Å². The highest BCUT2D eigenvalue weighted by Crippen LogP contribution is 2.34. The van der Waals surface area contributed by atoms with Crippen molar-refractivity contribution in [3.05, 3.63) is 53.3 Å². The number of benzene rings is 1. The van der Waals surface area contributed by atoms with E-state index < -0.39 is 0 Å². The quantitative estimate of drug-likeness (QED) is 0.496. The molecule has 3 aromatic rings. The van der Waals surface area contributed by atoms with Gasteiger partial charge < -0.3 is 20.4 Å². The smallest absolute Gasteiger partial charge is 0.227 e. The van der Waals surface area contributed by atoms with Gasteiger partial charge in [0.15, 0.2) is 0 Å². The first kappa shape index (κ1) is 23.1. The van der Waals surface area contributed by atoms with Crippen molar-refractivity contribution in [3.8, 4) is 11.3 Å². The summed E-state index contributed by atoms with van der Waals surface area (Å²) in [6, 6.07) is 10.4. The normalized spacial score (nSPS) is 12.6. The summed E-state index contributed by atoms with van der Waals surface area (Å²) in [4.78, 5) is 19.4. The molecule has 33 heavy (non-hydrogen) atoms. The van der Waals surface area contributed by atoms with E-state index in [1.54, 1.807) is 0 Å². The van der Waals surface area contributed by atoms with Crippen molar-refractivity contribution in [3.63, 3.8) is 0 Å². The fourth-order valence-electron chi connectivity index (χ4n) is 3.92. The minimum absolute atomic E-state index is 0.546. The zero-order valence-corrected chi connectivity index (χ0v) is 20.8. The van der Waals surface area contributed by atoms with E-state index in [-0.39, 0.29) is 0 Å². The Morgan fingerprint density at radius 2 is 1.88 bits per heavy atom. The number of hydrogen-bond donors (Lipinski definition) is 2. The summed E-state index contributed by atoms with van der Waals surface area (Å²) in [5, 5.41) is 6.71. The number of anilines is 4. The maximum atomic E-state index is 5.52. The monoisotopic (exact) mass is 461 g/mol. The number of rotatable bonds is 7. The molecule has 1 aliphatic heterocycles. The van der Waals surface area contributed by atoms with Crippen LogP contribution in [-0.4, -0.2) is 59.1 Å². The fourth-order valence-corrected chi connectivity index (χ4v) is 4.18. The Morgan fingerprint density at radius 3 is 2.64 bits per heavy atom. The highest BCUT2D eigenvalue weighted by Gasteiger charge is 2.19. The van der Waals surface area contributed by atoms with E-state index in [0.717, 1.165) is 64.2 Å². The van der Waals surface area contributed by atoms with Gasteiger partial charge in [0, 0.05) is 43.0 Å². The second kappa shape index (κ2) is 9.80. The Kier molecular flexibility index (Phi) is 6.85. The molecule has 0 saturated heterocycles. The molecule has 0 unspecified atom stereocenters. The van der Waals surface area contributed by atoms with Gasteiger partial charge in [-0.3, -0.25) is 0 Å². The second-order valence-corrected chi connectivity index (χ2v) is 9.34. The van der Waals surface area contributed by atoms with E-state index in [9.17, 15) is 0 Å². The number of nitrogens with one attached hydrogen (secondary N) is 2. The van der Waals surface area contributed by atoms with E-state index in [1.165, 1.54) is 5.56 Å². The summed E-state index contributed by atoms with van der Waals surface area (Å²) in [6.07, 6.45) is 3.57. The predicted molar refractivity (Wildman–Crippen MR) is 141 cm³/mol. The molecule has 4 rings (SSSR count). The van der Waals surface area contributed by atoms with Crippen molar-refractivity contribution >= 4 is 40.3 Å². The SMILES string of the molecule is Cc1ccc2c(c1)NC(=S)Cc1cnc(Nc3ccc(N(C)CCCN(C)C)nc3C)nc1-2. The van der Waals surface area contributed by atoms with Crippen LogP contribution in [0.5, 0.6) is 0 Å². The highest BCUT2D eigenvalue weighted by molar-refractivity contribution is 7.80. The molecule has 0 spiro atoms. The van der Waals surface area contributed by atoms with Crippen molar-refractivity contribution < 1.29 is 0 Å². The van der Waals surface area contributed by atoms with E-state index in [4.69, 9.17) is 22.2 Å². The summed E-state index contributed by atoms with van der Waals surface area (Å²) >= 11 is 5.52. The second-order valence-electron chi connectivity index (χ2n) is 8.85. The van der Waals surface area contributed by atoms with Crippen LogP contribution in [0.1, 0.15) is 23.2 Å². The molecule has 8 heteroatoms. The summed E-state index contributed by atoms with van der Waals surface area (Å²) in [6.45, 7) is 6.09. The topological polar surface area (TPSA) is 69.2 Å². The molecule has 1 aromatic carbocycles. The summed E-state index contributed by atoms with van der Waals surface area (Å²) < 4.78 is 0. The third-order valence-corrected chi connectivity index (χ3v) is 5.97. The number of aromatic nitrogens is 3. The van der Waals surface area contributed by atoms with Gasteiger partial charge in [0.2, 0.25) is 5.95 Å². The lowest BCUT2D eigenvalue weighted by Crippen LogP contribution is -2.24. The average molecular weight is 462 g/mol. The van der Waals surface area contributed by atoms with Crippen LogP contribution >= 0.6 is 12.2 Å². The Balaban J connectivity index is 1.56. The van der Waals surface area contributed by atoms with Gasteiger partial charge in [-0.15, -0.1) is 0 Å². The van der Waals surface area contributed by atoms with Gasteiger partial charge in [0.25, 0.3) is 0 Å². The van der Waals surface area contributed by atoms with Crippen LogP contribution in [0.3, 0.4) is 0 Å². The zero-order valence-electron chi connectivity index (χ0n) is 19.9. The highest BCUT2D eigenvalue weighted by atomic mass is 32.1. The molecule has 0 atom stereocenters. The number of thiocarbonyl (C=S) groups is 1. The molecule has 0 aliphatic carbocycles. The third kappa shape index (κ3) is 5.46. The van der Waals surface area contributed by atoms with E-state index in [0.29, 0.717) is 12.4 Å². The molecule has 0 amide bonds. The fraction of sp³-hybridized carbons (Fsp3) is 0.360. The molecule has 0 fully saturated rings. The average Bonchev–Trinajstić information content (AvgIpc) is 2.89. The van der Waals surface area contributed by atoms with Crippen LogP contribution in [0.2, 0.25) is 0 Å². The first-order valence-corrected chi connectivity index (χ1v) is 11.6. The lowest BCUT2D eigenvalue weighted by Gasteiger charge is -2.20. The zero-order chi connectivity index (χ0) is 23.5. The van der Waals surface area contributed by atoms with Crippen molar-refractivity contribution in [2.24, 2.45) is 0 Å². The van der Waals surface area contributed by atoms with Gasteiger partial charge in [-0.25, -0.2) is 15.0 Å². The van der Waals surface area contributed by atoms with Crippen LogP contribution in [0.25, 0.3) is 11.3 Å². The number of pyridine rings is 1. The lowest BCUT2D eigenvalue weighted by molar-refractivity contribution is 0.401. The molecule has 2 aromatic heterocycles. The first-order chi connectivity index (χ1) is 15.8. The van der Waals surface area contributed by atoms with Crippen LogP contribution in [0.4, 0.5) is 23.1 Å². The summed E-state index contributed by atoms with van der Waals surface area (Å²) in [7, 11) is 6.27. The largest absolute Gasteiger partial charge is 0.360 e. The van der Waals surface area contributed by atoms with Crippen molar-refractivity contribution in [1.82, 2.24) is 19.9 Å². The molecular formula is C25H31N7S. The third-order valence-electron chi connectivity index (χ3n) is 5.73. The van der Waals surface area contributed by atoms with E-state index in [1.807, 2.05) is 25.3 Å². The molecule has 0 bridgehead atoms. The number of fused-ring (bicyclic) bond motifs is 3. The van der Waals surface area contributed by atoms with Gasteiger partial charge in [0.1, 0.15) is 5.82 Å². The van der Waals surface area contributed by atoms with E-state index in [2.05, 4.69) is 71.7 Å². The molecule has 0 radical (unpaired) electrons. The number of aryl methyl sites for hydroxylation is 2. The van der Waals surface area contributed by atoms with Crippen LogP contribution in [0, 0.1) is 13.8 Å². The Hall–Kier alpha value is -3.10. The van der Waals surface area contributed by atoms with Crippen molar-refractivity contribution in [2.45, 2.75) is 26.7 Å². The molecule has 3 heterocycles. The maximum absolute atomic E-state index is 5.52. The van der Waals surface area contributed by atoms with Gasteiger partial charge in [-0.1, -0.05) is 24.4 Å². The summed E-state index contributed by atoms with van der Waals surface area (Å²) in [5.74, 6) is 1.51. The Labute approximate surface area is 201 Å². The molecule has 7 nitrogen and oxygen atoms in total.